The Morgan fingerprint density at radius 2 is 2.11 bits per heavy atom. The molecule has 0 fully saturated rings. The summed E-state index contributed by atoms with van der Waals surface area (Å²) >= 11 is 1.41. The summed E-state index contributed by atoms with van der Waals surface area (Å²) in [5.41, 5.74) is 8.73. The number of carbonyl (C=O) groups is 2. The molecule has 0 bridgehead atoms. The highest BCUT2D eigenvalue weighted by molar-refractivity contribution is 7.19. The summed E-state index contributed by atoms with van der Waals surface area (Å²) in [7, 11) is 0. The lowest BCUT2D eigenvalue weighted by Gasteiger charge is -2.20. The molecule has 0 saturated heterocycles. The van der Waals surface area contributed by atoms with Crippen molar-refractivity contribution in [1.29, 1.82) is 0 Å². The van der Waals surface area contributed by atoms with Crippen LogP contribution in [0, 0.1) is 0 Å². The number of nitrogen functional groups attached to an aromatic ring is 1. The van der Waals surface area contributed by atoms with Crippen molar-refractivity contribution >= 4 is 34.1 Å². The zero-order valence-electron chi connectivity index (χ0n) is 16.1. The maximum absolute atomic E-state index is 13.1. The Hall–Kier alpha value is -3.01. The predicted molar refractivity (Wildman–Crippen MR) is 107 cm³/mol. The van der Waals surface area contributed by atoms with Crippen molar-refractivity contribution < 1.29 is 9.59 Å². The fourth-order valence-corrected chi connectivity index (χ4v) is 4.59. The van der Waals surface area contributed by atoms with Crippen LogP contribution in [0.5, 0.6) is 0 Å². The molecule has 0 aromatic carbocycles. The SMILES string of the molecule is CC(=O)Nc1nc2c(s1)-c1c(c(C(=O)n3ccc(N)n3)nn1C(C)C)C(C)C2. The number of fused-ring (bicyclic) bond motifs is 3. The number of hydrogen-bond donors (Lipinski definition) is 2. The van der Waals surface area contributed by atoms with E-state index in [1.165, 1.54) is 22.9 Å². The summed E-state index contributed by atoms with van der Waals surface area (Å²) in [6, 6.07) is 1.62. The van der Waals surface area contributed by atoms with Gasteiger partial charge in [-0.2, -0.15) is 5.10 Å². The van der Waals surface area contributed by atoms with Gasteiger partial charge < -0.3 is 11.1 Å². The van der Waals surface area contributed by atoms with Gasteiger partial charge in [0.05, 0.1) is 16.3 Å². The van der Waals surface area contributed by atoms with Crippen LogP contribution < -0.4 is 11.1 Å². The molecule has 0 spiro atoms. The summed E-state index contributed by atoms with van der Waals surface area (Å²) in [5, 5.41) is 12.0. The molecule has 146 valence electrons. The Bertz CT molecular complexity index is 1090. The molecule has 3 aromatic heterocycles. The number of nitrogens with zero attached hydrogens (tertiary/aromatic N) is 5. The molecule has 10 heteroatoms. The molecule has 1 aliphatic rings. The average Bonchev–Trinajstić information content (AvgIpc) is 3.29. The van der Waals surface area contributed by atoms with E-state index < -0.39 is 0 Å². The summed E-state index contributed by atoms with van der Waals surface area (Å²) < 4.78 is 3.08. The average molecular weight is 399 g/mol. The fraction of sp³-hybridized carbons (Fsp3) is 0.389. The third-order valence-corrected chi connectivity index (χ3v) is 5.66. The molecule has 3 aromatic rings. The third kappa shape index (κ3) is 2.89. The Morgan fingerprint density at radius 1 is 1.36 bits per heavy atom. The summed E-state index contributed by atoms with van der Waals surface area (Å²) in [5.74, 6) is -0.143. The first kappa shape index (κ1) is 18.4. The van der Waals surface area contributed by atoms with Crippen molar-refractivity contribution in [3.8, 4) is 10.6 Å². The lowest BCUT2D eigenvalue weighted by Crippen LogP contribution is -2.17. The predicted octanol–water partition coefficient (Wildman–Crippen LogP) is 2.67. The lowest BCUT2D eigenvalue weighted by molar-refractivity contribution is -0.114. The van der Waals surface area contributed by atoms with Gasteiger partial charge in [-0.1, -0.05) is 18.3 Å². The van der Waals surface area contributed by atoms with Gasteiger partial charge in [-0.05, 0) is 26.2 Å². The molecule has 1 aliphatic carbocycles. The van der Waals surface area contributed by atoms with Gasteiger partial charge >= 0.3 is 0 Å². The van der Waals surface area contributed by atoms with E-state index in [-0.39, 0.29) is 29.6 Å². The van der Waals surface area contributed by atoms with Crippen LogP contribution in [0.25, 0.3) is 10.6 Å². The first-order valence-corrected chi connectivity index (χ1v) is 9.83. The number of rotatable bonds is 3. The molecule has 0 saturated carbocycles. The molecule has 0 aliphatic heterocycles. The zero-order valence-corrected chi connectivity index (χ0v) is 16.9. The van der Waals surface area contributed by atoms with E-state index in [0.29, 0.717) is 17.2 Å². The van der Waals surface area contributed by atoms with Crippen LogP contribution in [0.1, 0.15) is 61.4 Å². The minimum Gasteiger partial charge on any atom is -0.382 e. The highest BCUT2D eigenvalue weighted by Gasteiger charge is 2.36. The smallest absolute Gasteiger partial charge is 0.298 e. The van der Waals surface area contributed by atoms with Gasteiger partial charge in [-0.15, -0.1) is 5.10 Å². The number of thiazole rings is 1. The van der Waals surface area contributed by atoms with Crippen molar-refractivity contribution in [1.82, 2.24) is 24.5 Å². The molecule has 9 nitrogen and oxygen atoms in total. The van der Waals surface area contributed by atoms with Gasteiger partial charge in [0.25, 0.3) is 5.91 Å². The Kier molecular flexibility index (Phi) is 4.30. The summed E-state index contributed by atoms with van der Waals surface area (Å²) in [6.07, 6.45) is 2.21. The number of nitrogens with two attached hydrogens (primary N) is 1. The van der Waals surface area contributed by atoms with E-state index in [4.69, 9.17) is 5.73 Å². The van der Waals surface area contributed by atoms with E-state index >= 15 is 0 Å². The molecule has 1 unspecified atom stereocenters. The van der Waals surface area contributed by atoms with E-state index in [0.717, 1.165) is 21.8 Å². The molecular formula is C18H21N7O2S. The van der Waals surface area contributed by atoms with Crippen LogP contribution in [-0.4, -0.2) is 36.4 Å². The highest BCUT2D eigenvalue weighted by Crippen LogP contribution is 2.46. The van der Waals surface area contributed by atoms with Gasteiger partial charge in [0.2, 0.25) is 5.91 Å². The van der Waals surface area contributed by atoms with E-state index in [1.54, 1.807) is 12.3 Å². The van der Waals surface area contributed by atoms with Gasteiger partial charge in [0.1, 0.15) is 5.82 Å². The molecule has 4 rings (SSSR count). The molecule has 3 N–H and O–H groups in total. The van der Waals surface area contributed by atoms with E-state index in [9.17, 15) is 9.59 Å². The normalized spacial score (nSPS) is 15.4. The van der Waals surface area contributed by atoms with Crippen molar-refractivity contribution in [2.45, 2.75) is 46.1 Å². The van der Waals surface area contributed by atoms with E-state index in [2.05, 4.69) is 27.4 Å². The van der Waals surface area contributed by atoms with Crippen molar-refractivity contribution in [2.75, 3.05) is 11.1 Å². The molecule has 0 radical (unpaired) electrons. The number of carbonyl (C=O) groups excluding carboxylic acids is 2. The van der Waals surface area contributed by atoms with Gasteiger partial charge in [-0.25, -0.2) is 9.67 Å². The first-order valence-electron chi connectivity index (χ1n) is 9.02. The Labute approximate surface area is 165 Å². The second-order valence-corrected chi connectivity index (χ2v) is 8.22. The van der Waals surface area contributed by atoms with Crippen LogP contribution in [0.2, 0.25) is 0 Å². The monoisotopic (exact) mass is 399 g/mol. The van der Waals surface area contributed by atoms with Crippen LogP contribution in [0.3, 0.4) is 0 Å². The van der Waals surface area contributed by atoms with Gasteiger partial charge in [-0.3, -0.25) is 14.3 Å². The topological polar surface area (TPSA) is 121 Å². The van der Waals surface area contributed by atoms with E-state index in [1.807, 2.05) is 18.5 Å². The van der Waals surface area contributed by atoms with Crippen molar-refractivity contribution in [2.24, 2.45) is 0 Å². The first-order chi connectivity index (χ1) is 13.3. The maximum Gasteiger partial charge on any atom is 0.298 e. The van der Waals surface area contributed by atoms with Gasteiger partial charge in [0.15, 0.2) is 10.8 Å². The van der Waals surface area contributed by atoms with Crippen molar-refractivity contribution in [3.63, 3.8) is 0 Å². The number of amides is 1. The Morgan fingerprint density at radius 3 is 2.71 bits per heavy atom. The summed E-state index contributed by atoms with van der Waals surface area (Å²) in [4.78, 5) is 30.0. The molecule has 3 heterocycles. The standard InChI is InChI=1S/C18H21N7O2S/c1-8(2)25-15-13(14(23-25)17(27)24-6-5-12(19)22-24)9(3)7-11-16(15)28-18(21-11)20-10(4)26/h5-6,8-9H,7H2,1-4H3,(H2,19,22)(H,20,21,26). The Balaban J connectivity index is 1.90. The summed E-state index contributed by atoms with van der Waals surface area (Å²) in [6.45, 7) is 7.55. The second-order valence-electron chi connectivity index (χ2n) is 7.22. The molecule has 1 atom stereocenters. The molecule has 28 heavy (non-hydrogen) atoms. The minimum absolute atomic E-state index is 0.0439. The third-order valence-electron chi connectivity index (χ3n) is 4.64. The number of nitrogens with one attached hydrogen (secondary N) is 1. The van der Waals surface area contributed by atoms with Crippen molar-refractivity contribution in [3.05, 3.63) is 29.2 Å². The molecule has 1 amide bonds. The van der Waals surface area contributed by atoms with Crippen LogP contribution in [0.4, 0.5) is 10.9 Å². The quantitative estimate of drug-likeness (QED) is 0.698. The second kappa shape index (κ2) is 6.55. The number of anilines is 2. The van der Waals surface area contributed by atoms with Gasteiger partial charge in [0, 0.05) is 30.8 Å². The zero-order chi connectivity index (χ0) is 20.2. The largest absolute Gasteiger partial charge is 0.382 e. The van der Waals surface area contributed by atoms with Crippen LogP contribution in [0.15, 0.2) is 12.3 Å². The molecular weight excluding hydrogens is 378 g/mol. The number of aromatic nitrogens is 5. The van der Waals surface area contributed by atoms with Crippen LogP contribution in [-0.2, 0) is 11.2 Å². The minimum atomic E-state index is -0.311. The lowest BCUT2D eigenvalue weighted by atomic mass is 9.87. The maximum atomic E-state index is 13.1. The van der Waals surface area contributed by atoms with Crippen LogP contribution >= 0.6 is 11.3 Å². The highest BCUT2D eigenvalue weighted by atomic mass is 32.1. The fourth-order valence-electron chi connectivity index (χ4n) is 3.50. The number of hydrogen-bond acceptors (Lipinski definition) is 7.